The normalized spacial score (nSPS) is 17.9. The summed E-state index contributed by atoms with van der Waals surface area (Å²) in [6.45, 7) is 2.49. The maximum absolute atomic E-state index is 12.7. The number of likely N-dealkylation sites (tertiary alicyclic amines) is 1. The van der Waals surface area contributed by atoms with Gasteiger partial charge in [-0.2, -0.15) is 0 Å². The van der Waals surface area contributed by atoms with Gasteiger partial charge in [-0.05, 0) is 37.1 Å². The summed E-state index contributed by atoms with van der Waals surface area (Å²) in [5.74, 6) is 0.866. The first-order valence-corrected chi connectivity index (χ1v) is 10.5. The molecular formula is C22H29N5O3. The van der Waals surface area contributed by atoms with Crippen molar-refractivity contribution >= 4 is 11.2 Å². The van der Waals surface area contributed by atoms with Crippen LogP contribution >= 0.6 is 0 Å². The van der Waals surface area contributed by atoms with Gasteiger partial charge in [0.15, 0.2) is 11.2 Å². The lowest BCUT2D eigenvalue weighted by atomic mass is 10.0. The minimum Gasteiger partial charge on any atom is -0.497 e. The molecule has 8 heteroatoms. The molecule has 160 valence electrons. The first kappa shape index (κ1) is 20.4. The summed E-state index contributed by atoms with van der Waals surface area (Å²) in [7, 11) is 4.84. The Hall–Kier alpha value is -2.87. The summed E-state index contributed by atoms with van der Waals surface area (Å²) < 4.78 is 9.76. The number of nitrogens with zero attached hydrogens (tertiary/aromatic N) is 5. The third kappa shape index (κ3) is 3.67. The van der Waals surface area contributed by atoms with E-state index in [-0.39, 0.29) is 11.2 Å². The Bertz CT molecular complexity index is 1140. The molecular weight excluding hydrogens is 382 g/mol. The van der Waals surface area contributed by atoms with Crippen molar-refractivity contribution in [2.45, 2.75) is 38.3 Å². The van der Waals surface area contributed by atoms with Crippen LogP contribution in [0.4, 0.5) is 0 Å². The van der Waals surface area contributed by atoms with E-state index in [9.17, 15) is 9.59 Å². The second-order valence-corrected chi connectivity index (χ2v) is 7.99. The molecule has 1 aromatic carbocycles. The Morgan fingerprint density at radius 1 is 1.03 bits per heavy atom. The zero-order chi connectivity index (χ0) is 21.3. The van der Waals surface area contributed by atoms with E-state index in [1.807, 2.05) is 16.7 Å². The fourth-order valence-electron chi connectivity index (χ4n) is 4.44. The highest BCUT2D eigenvalue weighted by Gasteiger charge is 2.23. The third-order valence-electron chi connectivity index (χ3n) is 6.21. The molecule has 0 saturated carbocycles. The topological polar surface area (TPSA) is 74.3 Å². The van der Waals surface area contributed by atoms with Gasteiger partial charge in [0.1, 0.15) is 5.75 Å². The SMILES string of the molecule is COc1ccc(C2CCCCCN2CCn2cnc3c2c(=O)n(C)c(=O)n3C)cc1. The molecule has 8 nitrogen and oxygen atoms in total. The highest BCUT2D eigenvalue weighted by molar-refractivity contribution is 5.69. The van der Waals surface area contributed by atoms with Crippen LogP contribution in [0.25, 0.3) is 11.2 Å². The Balaban J connectivity index is 1.60. The number of ether oxygens (including phenoxy) is 1. The molecule has 0 spiro atoms. The lowest BCUT2D eigenvalue weighted by molar-refractivity contribution is 0.194. The molecule has 1 aliphatic heterocycles. The van der Waals surface area contributed by atoms with Gasteiger partial charge in [0, 0.05) is 33.2 Å². The molecule has 0 radical (unpaired) electrons. The number of benzene rings is 1. The number of fused-ring (bicyclic) bond motifs is 1. The molecule has 1 fully saturated rings. The molecule has 4 rings (SSSR count). The van der Waals surface area contributed by atoms with Gasteiger partial charge in [-0.15, -0.1) is 0 Å². The minimum atomic E-state index is -0.357. The fraction of sp³-hybridized carbons (Fsp3) is 0.500. The van der Waals surface area contributed by atoms with Crippen LogP contribution < -0.4 is 16.0 Å². The van der Waals surface area contributed by atoms with E-state index in [1.165, 1.54) is 36.4 Å². The molecule has 0 N–H and O–H groups in total. The summed E-state index contributed by atoms with van der Waals surface area (Å²) >= 11 is 0. The number of hydrogen-bond donors (Lipinski definition) is 0. The van der Waals surface area contributed by atoms with Crippen molar-refractivity contribution < 1.29 is 4.74 Å². The molecule has 0 amide bonds. The van der Waals surface area contributed by atoms with Crippen LogP contribution in [0.1, 0.15) is 37.3 Å². The molecule has 1 atom stereocenters. The molecule has 3 aromatic rings. The molecule has 1 saturated heterocycles. The van der Waals surface area contributed by atoms with E-state index in [0.717, 1.165) is 29.8 Å². The average Bonchev–Trinajstić information content (AvgIpc) is 3.06. The average molecular weight is 412 g/mol. The van der Waals surface area contributed by atoms with Crippen LogP contribution in [0.2, 0.25) is 0 Å². The predicted octanol–water partition coefficient (Wildman–Crippen LogP) is 2.06. The summed E-state index contributed by atoms with van der Waals surface area (Å²) in [6.07, 6.45) is 6.41. The first-order valence-electron chi connectivity index (χ1n) is 10.5. The van der Waals surface area contributed by atoms with Crippen molar-refractivity contribution in [1.82, 2.24) is 23.6 Å². The Labute approximate surface area is 175 Å². The maximum Gasteiger partial charge on any atom is 0.332 e. The second kappa shape index (κ2) is 8.47. The fourth-order valence-corrected chi connectivity index (χ4v) is 4.44. The first-order chi connectivity index (χ1) is 14.5. The summed E-state index contributed by atoms with van der Waals surface area (Å²) in [4.78, 5) is 31.7. The Morgan fingerprint density at radius 2 is 1.80 bits per heavy atom. The van der Waals surface area contributed by atoms with E-state index in [0.29, 0.717) is 23.8 Å². The van der Waals surface area contributed by atoms with E-state index >= 15 is 0 Å². The minimum absolute atomic E-state index is 0.298. The number of rotatable bonds is 5. The summed E-state index contributed by atoms with van der Waals surface area (Å²) in [5.41, 5.74) is 1.56. The third-order valence-corrected chi connectivity index (χ3v) is 6.21. The van der Waals surface area contributed by atoms with Crippen LogP contribution in [0, 0.1) is 0 Å². The van der Waals surface area contributed by atoms with Crippen LogP contribution in [0.5, 0.6) is 5.75 Å². The number of hydrogen-bond acceptors (Lipinski definition) is 5. The lowest BCUT2D eigenvalue weighted by Gasteiger charge is -2.30. The van der Waals surface area contributed by atoms with Crippen LogP contribution in [-0.4, -0.2) is 43.8 Å². The van der Waals surface area contributed by atoms with Crippen LogP contribution in [-0.2, 0) is 20.6 Å². The van der Waals surface area contributed by atoms with Gasteiger partial charge in [-0.1, -0.05) is 25.0 Å². The maximum atomic E-state index is 12.7. The van der Waals surface area contributed by atoms with Crippen LogP contribution in [0.3, 0.4) is 0 Å². The number of aryl methyl sites for hydroxylation is 1. The Kier molecular flexibility index (Phi) is 5.76. The van der Waals surface area contributed by atoms with Crippen molar-refractivity contribution in [2.24, 2.45) is 14.1 Å². The Morgan fingerprint density at radius 3 is 2.53 bits per heavy atom. The highest BCUT2D eigenvalue weighted by Crippen LogP contribution is 2.31. The smallest absolute Gasteiger partial charge is 0.332 e. The zero-order valence-corrected chi connectivity index (χ0v) is 17.9. The van der Waals surface area contributed by atoms with Crippen molar-refractivity contribution in [3.8, 4) is 5.75 Å². The second-order valence-electron chi connectivity index (χ2n) is 7.99. The van der Waals surface area contributed by atoms with Crippen molar-refractivity contribution in [3.05, 3.63) is 57.0 Å². The van der Waals surface area contributed by atoms with Crippen molar-refractivity contribution in [1.29, 1.82) is 0 Å². The van der Waals surface area contributed by atoms with Crippen molar-refractivity contribution in [3.63, 3.8) is 0 Å². The van der Waals surface area contributed by atoms with Gasteiger partial charge in [-0.25, -0.2) is 9.78 Å². The monoisotopic (exact) mass is 411 g/mol. The summed E-state index contributed by atoms with van der Waals surface area (Å²) in [5, 5.41) is 0. The quantitative estimate of drug-likeness (QED) is 0.643. The van der Waals surface area contributed by atoms with Gasteiger partial charge >= 0.3 is 5.69 Å². The van der Waals surface area contributed by atoms with Crippen molar-refractivity contribution in [2.75, 3.05) is 20.2 Å². The van der Waals surface area contributed by atoms with Gasteiger partial charge in [0.25, 0.3) is 5.56 Å². The molecule has 0 bridgehead atoms. The number of aromatic nitrogens is 4. The predicted molar refractivity (Wildman–Crippen MR) is 116 cm³/mol. The molecule has 0 aliphatic carbocycles. The lowest BCUT2D eigenvalue weighted by Crippen LogP contribution is -2.38. The summed E-state index contributed by atoms with van der Waals surface area (Å²) in [6, 6.07) is 8.69. The van der Waals surface area contributed by atoms with Gasteiger partial charge in [0.2, 0.25) is 0 Å². The van der Waals surface area contributed by atoms with Crippen LogP contribution in [0.15, 0.2) is 40.2 Å². The van der Waals surface area contributed by atoms with Gasteiger partial charge < -0.3 is 9.30 Å². The van der Waals surface area contributed by atoms with Gasteiger partial charge in [0.05, 0.1) is 13.4 Å². The standard InChI is InChI=1S/C22H29N5O3/c1-24-20-19(21(28)25(2)22(24)29)27(15-23-20)14-13-26-12-6-4-5-7-18(26)16-8-10-17(30-3)11-9-16/h8-11,15,18H,4-7,12-14H2,1-3H3. The van der Waals surface area contributed by atoms with Gasteiger partial charge in [-0.3, -0.25) is 18.8 Å². The number of methoxy groups -OCH3 is 1. The van der Waals surface area contributed by atoms with E-state index in [4.69, 9.17) is 4.74 Å². The van der Waals surface area contributed by atoms with E-state index in [2.05, 4.69) is 22.0 Å². The van der Waals surface area contributed by atoms with E-state index < -0.39 is 0 Å². The highest BCUT2D eigenvalue weighted by atomic mass is 16.5. The molecule has 30 heavy (non-hydrogen) atoms. The molecule has 1 aliphatic rings. The molecule has 3 heterocycles. The largest absolute Gasteiger partial charge is 0.497 e. The van der Waals surface area contributed by atoms with E-state index in [1.54, 1.807) is 20.5 Å². The molecule has 2 aromatic heterocycles. The zero-order valence-electron chi connectivity index (χ0n) is 17.9. The number of imidazole rings is 1. The molecule has 1 unspecified atom stereocenters.